The molecule has 16 heteroatoms. The molecular weight excluding hydrogens is 775 g/mol. The van der Waals surface area contributed by atoms with Crippen molar-refractivity contribution in [2.75, 3.05) is 100 Å². The van der Waals surface area contributed by atoms with Gasteiger partial charge in [0.2, 0.25) is 11.8 Å². The van der Waals surface area contributed by atoms with Gasteiger partial charge in [-0.2, -0.15) is 0 Å². The second-order valence-electron chi connectivity index (χ2n) is 15.9. The number of carbonyl (C=O) groups is 4. The maximum absolute atomic E-state index is 14.0. The van der Waals surface area contributed by atoms with Gasteiger partial charge in [-0.05, 0) is 105 Å². The number of nitrogens with one attached hydrogen (secondary N) is 3. The van der Waals surface area contributed by atoms with E-state index in [-0.39, 0.29) is 22.9 Å². The number of anilines is 3. The molecule has 4 aliphatic heterocycles. The fraction of sp³-hybridized carbons (Fsp3) is 0.488. The minimum atomic E-state index is -3.60. The number of fused-ring (bicyclic) bond motifs is 1. The van der Waals surface area contributed by atoms with E-state index < -0.39 is 39.5 Å². The lowest BCUT2D eigenvalue weighted by Gasteiger charge is -2.39. The van der Waals surface area contributed by atoms with E-state index in [1.165, 1.54) is 7.11 Å². The van der Waals surface area contributed by atoms with E-state index in [0.29, 0.717) is 42.4 Å². The number of benzene rings is 3. The molecule has 0 bridgehead atoms. The van der Waals surface area contributed by atoms with Crippen LogP contribution < -0.4 is 30.3 Å². The van der Waals surface area contributed by atoms with Crippen molar-refractivity contribution in [1.29, 1.82) is 0 Å². The number of methoxy groups -OCH3 is 1. The molecule has 0 aromatic heterocycles. The Labute approximate surface area is 346 Å². The Balaban J connectivity index is 0.866. The van der Waals surface area contributed by atoms with E-state index >= 15 is 0 Å². The predicted octanol–water partition coefficient (Wildman–Crippen LogP) is 3.64. The Morgan fingerprint density at radius 1 is 0.814 bits per heavy atom. The van der Waals surface area contributed by atoms with Gasteiger partial charge in [0.25, 0.3) is 11.8 Å². The number of amides is 4. The Morgan fingerprint density at radius 2 is 1.53 bits per heavy atom. The van der Waals surface area contributed by atoms with Crippen molar-refractivity contribution in [2.24, 2.45) is 5.92 Å². The van der Waals surface area contributed by atoms with Crippen LogP contribution in [0.2, 0.25) is 0 Å². The third-order valence-corrected chi connectivity index (χ3v) is 12.7. The lowest BCUT2D eigenvalue weighted by Crippen LogP contribution is -2.49. The Bertz CT molecular complexity index is 2130. The summed E-state index contributed by atoms with van der Waals surface area (Å²) >= 11 is 0. The first-order chi connectivity index (χ1) is 28.4. The molecule has 4 amide bonds. The minimum Gasteiger partial charge on any atom is -0.493 e. The van der Waals surface area contributed by atoms with Crippen molar-refractivity contribution in [3.8, 4) is 11.5 Å². The number of hydrogen-bond donors (Lipinski definition) is 3. The van der Waals surface area contributed by atoms with Gasteiger partial charge in [0.1, 0.15) is 15.9 Å². The second kappa shape index (κ2) is 18.4. The van der Waals surface area contributed by atoms with Crippen molar-refractivity contribution in [2.45, 2.75) is 44.7 Å². The van der Waals surface area contributed by atoms with Gasteiger partial charge < -0.3 is 29.9 Å². The molecule has 1 unspecified atom stereocenters. The molecule has 3 fully saturated rings. The van der Waals surface area contributed by atoms with E-state index in [9.17, 15) is 27.6 Å². The number of piperidine rings is 2. The Kier molecular flexibility index (Phi) is 13.1. The molecule has 316 valence electrons. The van der Waals surface area contributed by atoms with Crippen LogP contribution >= 0.6 is 0 Å². The maximum Gasteiger partial charge on any atom is 0.262 e. The van der Waals surface area contributed by atoms with Crippen LogP contribution in [0.5, 0.6) is 11.5 Å². The number of piperazine rings is 1. The average molecular weight is 830 g/mol. The molecule has 15 nitrogen and oxygen atoms in total. The largest absolute Gasteiger partial charge is 0.493 e. The molecule has 0 aliphatic carbocycles. The molecule has 4 heterocycles. The molecule has 3 N–H and O–H groups in total. The highest BCUT2D eigenvalue weighted by Gasteiger charge is 2.42. The first-order valence-electron chi connectivity index (χ1n) is 20.5. The number of carbonyl (C=O) groups excluding carboxylic acids is 4. The van der Waals surface area contributed by atoms with Gasteiger partial charge in [-0.3, -0.25) is 34.3 Å². The van der Waals surface area contributed by atoms with Gasteiger partial charge >= 0.3 is 0 Å². The average Bonchev–Trinajstić information content (AvgIpc) is 3.47. The summed E-state index contributed by atoms with van der Waals surface area (Å²) in [5.74, 6) is -0.434. The highest BCUT2D eigenvalue weighted by Crippen LogP contribution is 2.38. The maximum atomic E-state index is 14.0. The highest BCUT2D eigenvalue weighted by atomic mass is 32.2. The van der Waals surface area contributed by atoms with Crippen LogP contribution in [-0.2, 0) is 19.4 Å². The number of ether oxygens (including phenoxy) is 2. The highest BCUT2D eigenvalue weighted by molar-refractivity contribution is 7.90. The molecule has 0 spiro atoms. The van der Waals surface area contributed by atoms with Crippen molar-refractivity contribution >= 4 is 50.5 Å². The summed E-state index contributed by atoms with van der Waals surface area (Å²) < 4.78 is 36.4. The molecule has 3 aromatic carbocycles. The van der Waals surface area contributed by atoms with E-state index in [2.05, 4.69) is 30.7 Å². The molecule has 4 aliphatic rings. The molecule has 7 rings (SSSR count). The van der Waals surface area contributed by atoms with Gasteiger partial charge in [-0.1, -0.05) is 6.07 Å². The van der Waals surface area contributed by atoms with Crippen LogP contribution in [0.4, 0.5) is 17.1 Å². The third-order valence-electron chi connectivity index (χ3n) is 11.7. The zero-order chi connectivity index (χ0) is 41.7. The van der Waals surface area contributed by atoms with Crippen LogP contribution in [-0.4, -0.2) is 137 Å². The number of imide groups is 2. The topological polar surface area (TPSA) is 170 Å². The number of rotatable bonds is 16. The van der Waals surface area contributed by atoms with Crippen molar-refractivity contribution in [3.05, 3.63) is 77.4 Å². The SMILES string of the molecule is CCOc1cc([C@@H](CS(C)(=O)=O)N2C(=O)c3ccc(N4CCN(CC5CCN(CCNc6ccc(NC7CCC(=O)NC7=O)cc6)CC5)CC4)cc3C2=O)ccc1OC. The number of sulfone groups is 1. The van der Waals surface area contributed by atoms with Crippen LogP contribution in [0.15, 0.2) is 60.7 Å². The van der Waals surface area contributed by atoms with Crippen LogP contribution in [0.3, 0.4) is 0 Å². The Hall–Kier alpha value is -5.19. The minimum absolute atomic E-state index is 0.221. The molecular formula is C43H55N7O8S. The van der Waals surface area contributed by atoms with Crippen molar-refractivity contribution in [1.82, 2.24) is 20.0 Å². The summed E-state index contributed by atoms with van der Waals surface area (Å²) in [4.78, 5) is 59.6. The third kappa shape index (κ3) is 10.2. The zero-order valence-electron chi connectivity index (χ0n) is 34.1. The van der Waals surface area contributed by atoms with Gasteiger partial charge in [-0.15, -0.1) is 0 Å². The lowest BCUT2D eigenvalue weighted by atomic mass is 9.96. The quantitative estimate of drug-likeness (QED) is 0.179. The van der Waals surface area contributed by atoms with Crippen LogP contribution in [0.1, 0.15) is 64.9 Å². The first kappa shape index (κ1) is 42.0. The molecule has 3 aromatic rings. The number of likely N-dealkylation sites (tertiary alicyclic amines) is 1. The van der Waals surface area contributed by atoms with Gasteiger partial charge in [0.05, 0.1) is 36.6 Å². The van der Waals surface area contributed by atoms with E-state index in [1.807, 2.05) is 37.3 Å². The lowest BCUT2D eigenvalue weighted by molar-refractivity contribution is -0.133. The molecule has 2 atom stereocenters. The number of hydrogen-bond acceptors (Lipinski definition) is 13. The smallest absolute Gasteiger partial charge is 0.262 e. The van der Waals surface area contributed by atoms with Crippen molar-refractivity contribution in [3.63, 3.8) is 0 Å². The Morgan fingerprint density at radius 3 is 2.20 bits per heavy atom. The second-order valence-corrected chi connectivity index (χ2v) is 18.1. The summed E-state index contributed by atoms with van der Waals surface area (Å²) in [6.07, 6.45) is 4.25. The summed E-state index contributed by atoms with van der Waals surface area (Å²) in [6.45, 7) is 10.6. The van der Waals surface area contributed by atoms with Crippen LogP contribution in [0, 0.1) is 5.92 Å². The van der Waals surface area contributed by atoms with Gasteiger partial charge in [-0.25, -0.2) is 8.42 Å². The summed E-state index contributed by atoms with van der Waals surface area (Å²) in [7, 11) is -2.09. The fourth-order valence-corrected chi connectivity index (χ4v) is 9.44. The van der Waals surface area contributed by atoms with Gasteiger partial charge in [0, 0.05) is 75.6 Å². The standard InChI is InChI=1S/C43H55N7O8S/c1-4-58-39-25-30(5-13-38(39)57-2)37(28-59(3,55)56)50-42(53)34-11-10-33(26-35(34)43(50)54)49-23-21-48(22-24-49)27-29-15-18-47(19-16-29)20-17-44-31-6-8-32(9-7-31)45-36-12-14-40(51)46-41(36)52/h5-11,13,25-26,29,36-37,44-45H,4,12,14-24,27-28H2,1-3H3,(H,46,51,52)/t36?,37-/m1/s1. The molecule has 0 saturated carbocycles. The summed E-state index contributed by atoms with van der Waals surface area (Å²) in [6, 6.07) is 16.8. The summed E-state index contributed by atoms with van der Waals surface area (Å²) in [5, 5.41) is 9.10. The predicted molar refractivity (Wildman–Crippen MR) is 226 cm³/mol. The molecule has 0 radical (unpaired) electrons. The monoisotopic (exact) mass is 829 g/mol. The first-order valence-corrected chi connectivity index (χ1v) is 22.6. The molecule has 59 heavy (non-hydrogen) atoms. The molecule has 3 saturated heterocycles. The van der Waals surface area contributed by atoms with E-state index in [4.69, 9.17) is 9.47 Å². The van der Waals surface area contributed by atoms with E-state index in [1.54, 1.807) is 30.3 Å². The normalized spacial score (nSPS) is 20.0. The zero-order valence-corrected chi connectivity index (χ0v) is 34.9. The van der Waals surface area contributed by atoms with Crippen molar-refractivity contribution < 1.29 is 37.1 Å². The fourth-order valence-electron chi connectivity index (χ4n) is 8.52. The number of nitrogens with zero attached hydrogens (tertiary/aromatic N) is 4. The summed E-state index contributed by atoms with van der Waals surface area (Å²) in [5.41, 5.74) is 3.76. The van der Waals surface area contributed by atoms with Gasteiger partial charge in [0.15, 0.2) is 11.5 Å². The van der Waals surface area contributed by atoms with E-state index in [0.717, 1.165) is 100.0 Å². The van der Waals surface area contributed by atoms with Crippen LogP contribution in [0.25, 0.3) is 0 Å².